The first kappa shape index (κ1) is 21.9. The lowest BCUT2D eigenvalue weighted by atomic mass is 10.0. The molecule has 0 atom stereocenters. The number of nitrogens with zero attached hydrogens (tertiary/aromatic N) is 3. The smallest absolute Gasteiger partial charge is 0.137 e. The van der Waals surface area contributed by atoms with Crippen LogP contribution in [0.1, 0.15) is 25.1 Å². The van der Waals surface area contributed by atoms with Crippen LogP contribution in [0.5, 0.6) is 0 Å². The first-order valence-electron chi connectivity index (χ1n) is 11.8. The van der Waals surface area contributed by atoms with Crippen molar-refractivity contribution < 1.29 is 0 Å². The van der Waals surface area contributed by atoms with Crippen molar-refractivity contribution in [3.63, 3.8) is 0 Å². The number of imidazole rings is 1. The van der Waals surface area contributed by atoms with Gasteiger partial charge < -0.3 is 10.1 Å². The number of hydrogen-bond acceptors (Lipinski definition) is 3. The Balaban J connectivity index is 1.55. The van der Waals surface area contributed by atoms with E-state index in [0.717, 1.165) is 41.4 Å². The highest BCUT2D eigenvalue weighted by molar-refractivity contribution is 5.72. The Kier molecular flexibility index (Phi) is 6.15. The summed E-state index contributed by atoms with van der Waals surface area (Å²) in [5.74, 6) is 0. The number of nitrogens with two attached hydrogens (primary N) is 1. The standard InChI is InChI=1S/C30H30N4/c1-22(2)33(19-23-9-5-3-6-10-23)21-28-30(32-29-18-17-27(31)20-34(28)29)26-15-13-25(14-16-26)24-11-7-4-8-12-24/h3-18,20,22H,19,21,31H2,1-2H3. The van der Waals surface area contributed by atoms with Crippen LogP contribution in [0.15, 0.2) is 103 Å². The van der Waals surface area contributed by atoms with Crippen molar-refractivity contribution >= 4 is 11.3 Å². The lowest BCUT2D eigenvalue weighted by Gasteiger charge is -2.27. The van der Waals surface area contributed by atoms with Gasteiger partial charge in [-0.3, -0.25) is 4.90 Å². The Morgan fingerprint density at radius 3 is 2.03 bits per heavy atom. The number of fused-ring (bicyclic) bond motifs is 1. The van der Waals surface area contributed by atoms with E-state index < -0.39 is 0 Å². The van der Waals surface area contributed by atoms with Gasteiger partial charge in [-0.1, -0.05) is 84.9 Å². The normalized spacial score (nSPS) is 11.5. The molecule has 34 heavy (non-hydrogen) atoms. The average molecular weight is 447 g/mol. The molecule has 0 radical (unpaired) electrons. The van der Waals surface area contributed by atoms with Crippen molar-refractivity contribution in [3.05, 3.63) is 115 Å². The third-order valence-corrected chi connectivity index (χ3v) is 6.32. The third kappa shape index (κ3) is 4.59. The van der Waals surface area contributed by atoms with Crippen LogP contribution in [0.4, 0.5) is 5.69 Å². The molecule has 4 nitrogen and oxygen atoms in total. The van der Waals surface area contributed by atoms with Gasteiger partial charge in [0.05, 0.1) is 11.4 Å². The van der Waals surface area contributed by atoms with Gasteiger partial charge in [-0.05, 0) is 42.7 Å². The van der Waals surface area contributed by atoms with Crippen LogP contribution < -0.4 is 5.73 Å². The predicted molar refractivity (Wildman–Crippen MR) is 141 cm³/mol. The van der Waals surface area contributed by atoms with E-state index in [9.17, 15) is 0 Å². The van der Waals surface area contributed by atoms with Gasteiger partial charge in [0.1, 0.15) is 5.65 Å². The Morgan fingerprint density at radius 2 is 1.35 bits per heavy atom. The quantitative estimate of drug-likeness (QED) is 0.304. The number of anilines is 1. The van der Waals surface area contributed by atoms with Crippen LogP contribution in [-0.4, -0.2) is 20.3 Å². The summed E-state index contributed by atoms with van der Waals surface area (Å²) >= 11 is 0. The molecular formula is C30H30N4. The van der Waals surface area contributed by atoms with E-state index in [-0.39, 0.29) is 0 Å². The fourth-order valence-corrected chi connectivity index (χ4v) is 4.37. The van der Waals surface area contributed by atoms with Crippen molar-refractivity contribution in [1.82, 2.24) is 14.3 Å². The van der Waals surface area contributed by atoms with Gasteiger partial charge in [-0.15, -0.1) is 0 Å². The van der Waals surface area contributed by atoms with Gasteiger partial charge in [0.2, 0.25) is 0 Å². The van der Waals surface area contributed by atoms with Crippen molar-refractivity contribution in [3.8, 4) is 22.4 Å². The van der Waals surface area contributed by atoms with Gasteiger partial charge in [0, 0.05) is 36.6 Å². The first-order valence-corrected chi connectivity index (χ1v) is 11.8. The number of hydrogen-bond donors (Lipinski definition) is 1. The molecule has 0 aliphatic carbocycles. The zero-order valence-corrected chi connectivity index (χ0v) is 19.7. The van der Waals surface area contributed by atoms with E-state index in [0.29, 0.717) is 6.04 Å². The highest BCUT2D eigenvalue weighted by Gasteiger charge is 2.19. The zero-order valence-electron chi connectivity index (χ0n) is 19.7. The summed E-state index contributed by atoms with van der Waals surface area (Å²) in [6.07, 6.45) is 1.99. The number of pyridine rings is 1. The van der Waals surface area contributed by atoms with Crippen LogP contribution in [0.3, 0.4) is 0 Å². The SMILES string of the molecule is CC(C)N(Cc1ccccc1)Cc1c(-c2ccc(-c3ccccc3)cc2)nc2ccc(N)cn12. The maximum atomic E-state index is 6.18. The van der Waals surface area contributed by atoms with Gasteiger partial charge in [0.25, 0.3) is 0 Å². The number of benzene rings is 3. The Labute approximate surface area is 201 Å². The first-order chi connectivity index (χ1) is 16.6. The lowest BCUT2D eigenvalue weighted by Crippen LogP contribution is -2.30. The molecule has 0 saturated carbocycles. The maximum absolute atomic E-state index is 6.18. The molecule has 0 aliphatic rings. The molecule has 3 aromatic carbocycles. The van der Waals surface area contributed by atoms with Crippen LogP contribution in [-0.2, 0) is 13.1 Å². The summed E-state index contributed by atoms with van der Waals surface area (Å²) in [6, 6.07) is 34.1. The van der Waals surface area contributed by atoms with Crippen LogP contribution >= 0.6 is 0 Å². The summed E-state index contributed by atoms with van der Waals surface area (Å²) in [5, 5.41) is 0. The van der Waals surface area contributed by atoms with E-state index in [1.165, 1.54) is 16.7 Å². The molecule has 4 heteroatoms. The molecule has 5 rings (SSSR count). The fourth-order valence-electron chi connectivity index (χ4n) is 4.37. The number of nitrogen functional groups attached to an aromatic ring is 1. The van der Waals surface area contributed by atoms with Gasteiger partial charge in [-0.2, -0.15) is 0 Å². The molecule has 2 N–H and O–H groups in total. The van der Waals surface area contributed by atoms with E-state index in [2.05, 4.69) is 102 Å². The molecule has 170 valence electrons. The highest BCUT2D eigenvalue weighted by Crippen LogP contribution is 2.30. The second kappa shape index (κ2) is 9.54. The second-order valence-electron chi connectivity index (χ2n) is 9.03. The molecule has 5 aromatic rings. The van der Waals surface area contributed by atoms with E-state index >= 15 is 0 Å². The minimum Gasteiger partial charge on any atom is -0.398 e. The van der Waals surface area contributed by atoms with Crippen molar-refractivity contribution in [2.24, 2.45) is 0 Å². The number of rotatable bonds is 7. The largest absolute Gasteiger partial charge is 0.398 e. The van der Waals surface area contributed by atoms with Crippen LogP contribution in [0, 0.1) is 0 Å². The lowest BCUT2D eigenvalue weighted by molar-refractivity contribution is 0.201. The zero-order chi connectivity index (χ0) is 23.5. The minimum absolute atomic E-state index is 0.375. The molecule has 2 heterocycles. The topological polar surface area (TPSA) is 46.6 Å². The second-order valence-corrected chi connectivity index (χ2v) is 9.03. The molecule has 2 aromatic heterocycles. The highest BCUT2D eigenvalue weighted by atomic mass is 15.2. The molecular weight excluding hydrogens is 416 g/mol. The van der Waals surface area contributed by atoms with Crippen molar-refractivity contribution in [2.45, 2.75) is 33.0 Å². The molecule has 0 saturated heterocycles. The van der Waals surface area contributed by atoms with Gasteiger partial charge in [-0.25, -0.2) is 4.98 Å². The van der Waals surface area contributed by atoms with Crippen molar-refractivity contribution in [1.29, 1.82) is 0 Å². The number of aromatic nitrogens is 2. The van der Waals surface area contributed by atoms with Gasteiger partial charge >= 0.3 is 0 Å². The third-order valence-electron chi connectivity index (χ3n) is 6.32. The Bertz CT molecular complexity index is 1370. The molecule has 0 unspecified atom stereocenters. The summed E-state index contributed by atoms with van der Waals surface area (Å²) in [5.41, 5.74) is 14.8. The molecule has 0 bridgehead atoms. The minimum atomic E-state index is 0.375. The summed E-state index contributed by atoms with van der Waals surface area (Å²) in [6.45, 7) is 6.14. The van der Waals surface area contributed by atoms with E-state index in [1.54, 1.807) is 0 Å². The molecule has 0 fully saturated rings. The summed E-state index contributed by atoms with van der Waals surface area (Å²) < 4.78 is 2.15. The maximum Gasteiger partial charge on any atom is 0.137 e. The predicted octanol–water partition coefficient (Wildman–Crippen LogP) is 6.66. The Morgan fingerprint density at radius 1 is 0.735 bits per heavy atom. The Hall–Kier alpha value is -3.89. The van der Waals surface area contributed by atoms with Crippen LogP contribution in [0.2, 0.25) is 0 Å². The van der Waals surface area contributed by atoms with Crippen LogP contribution in [0.25, 0.3) is 28.0 Å². The van der Waals surface area contributed by atoms with E-state index in [4.69, 9.17) is 10.7 Å². The summed E-state index contributed by atoms with van der Waals surface area (Å²) in [4.78, 5) is 7.50. The fraction of sp³-hybridized carbons (Fsp3) is 0.167. The molecule has 0 spiro atoms. The average Bonchev–Trinajstić information content (AvgIpc) is 3.22. The van der Waals surface area contributed by atoms with E-state index in [1.807, 2.05) is 24.4 Å². The molecule has 0 aliphatic heterocycles. The summed E-state index contributed by atoms with van der Waals surface area (Å²) in [7, 11) is 0. The monoisotopic (exact) mass is 446 g/mol. The van der Waals surface area contributed by atoms with Gasteiger partial charge in [0.15, 0.2) is 0 Å². The van der Waals surface area contributed by atoms with Crippen molar-refractivity contribution in [2.75, 3.05) is 5.73 Å². The molecule has 0 amide bonds.